The fourth-order valence-electron chi connectivity index (χ4n) is 3.91. The lowest BCUT2D eigenvalue weighted by atomic mass is 9.91. The summed E-state index contributed by atoms with van der Waals surface area (Å²) in [5.41, 5.74) is 0.904. The second-order valence-electron chi connectivity index (χ2n) is 7.60. The molecule has 1 saturated heterocycles. The average Bonchev–Trinajstić information content (AvgIpc) is 3.55. The van der Waals surface area contributed by atoms with Crippen LogP contribution in [0.2, 0.25) is 0 Å². The Bertz CT molecular complexity index is 895. The number of hydrogen-bond acceptors (Lipinski definition) is 4. The molecule has 1 aliphatic heterocycles. The minimum atomic E-state index is -0.452. The number of hydrogen-bond donors (Lipinski definition) is 0. The van der Waals surface area contributed by atoms with Crippen molar-refractivity contribution in [1.29, 1.82) is 5.26 Å². The summed E-state index contributed by atoms with van der Waals surface area (Å²) in [6.07, 6.45) is 5.00. The molecule has 1 amide bonds. The number of amides is 1. The summed E-state index contributed by atoms with van der Waals surface area (Å²) in [4.78, 5) is 19.2. The maximum atomic E-state index is 13.2. The molecule has 0 spiro atoms. The third-order valence-corrected chi connectivity index (χ3v) is 5.81. The van der Waals surface area contributed by atoms with Gasteiger partial charge in [0.1, 0.15) is 17.4 Å². The number of ether oxygens (including phenoxy) is 1. The van der Waals surface area contributed by atoms with Crippen LogP contribution in [0.5, 0.6) is 5.88 Å². The van der Waals surface area contributed by atoms with Gasteiger partial charge in [-0.1, -0.05) is 12.1 Å². The first-order valence-electron chi connectivity index (χ1n) is 9.66. The first kappa shape index (κ1) is 18.4. The number of nitriles is 1. The maximum Gasteiger partial charge on any atom is 0.233 e. The Morgan fingerprint density at radius 1 is 1.25 bits per heavy atom. The molecule has 6 heteroatoms. The number of rotatable bonds is 5. The molecule has 2 heterocycles. The van der Waals surface area contributed by atoms with Gasteiger partial charge in [0, 0.05) is 19.3 Å². The van der Waals surface area contributed by atoms with Crippen LogP contribution in [0.3, 0.4) is 0 Å². The van der Waals surface area contributed by atoms with Crippen molar-refractivity contribution in [3.8, 4) is 11.9 Å². The van der Waals surface area contributed by atoms with E-state index in [9.17, 15) is 9.18 Å². The van der Waals surface area contributed by atoms with Crippen LogP contribution in [0.25, 0.3) is 0 Å². The molecule has 0 bridgehead atoms. The molecule has 0 radical (unpaired) electrons. The first-order chi connectivity index (χ1) is 13.6. The molecule has 1 saturated carbocycles. The third kappa shape index (κ3) is 3.57. The molecule has 1 aromatic carbocycles. The number of pyridine rings is 1. The zero-order valence-corrected chi connectivity index (χ0v) is 15.6. The van der Waals surface area contributed by atoms with Gasteiger partial charge in [-0.15, -0.1) is 0 Å². The van der Waals surface area contributed by atoms with Crippen LogP contribution in [-0.4, -0.2) is 35.5 Å². The quantitative estimate of drug-likeness (QED) is 0.798. The fourth-order valence-corrected chi connectivity index (χ4v) is 3.91. The Morgan fingerprint density at radius 3 is 2.61 bits per heavy atom. The van der Waals surface area contributed by atoms with Crippen LogP contribution < -0.4 is 4.74 Å². The molecule has 0 atom stereocenters. The largest absolute Gasteiger partial charge is 0.476 e. The zero-order chi connectivity index (χ0) is 19.6. The summed E-state index contributed by atoms with van der Waals surface area (Å²) in [6, 6.07) is 11.8. The topological polar surface area (TPSA) is 66.2 Å². The van der Waals surface area contributed by atoms with E-state index in [0.717, 1.165) is 31.2 Å². The van der Waals surface area contributed by atoms with Crippen LogP contribution in [0.15, 0.2) is 42.6 Å². The molecule has 2 fully saturated rings. The highest BCUT2D eigenvalue weighted by Crippen LogP contribution is 2.50. The van der Waals surface area contributed by atoms with Gasteiger partial charge in [0.2, 0.25) is 11.8 Å². The second-order valence-corrected chi connectivity index (χ2v) is 7.60. The SMILES string of the molecule is N#Cc1cccnc1OCC1CCN(C(=O)C2(c3ccc(F)cc3)CC2)CC1. The lowest BCUT2D eigenvalue weighted by Crippen LogP contribution is -2.44. The van der Waals surface area contributed by atoms with Gasteiger partial charge in [-0.05, 0) is 61.4 Å². The van der Waals surface area contributed by atoms with Gasteiger partial charge in [-0.25, -0.2) is 9.37 Å². The van der Waals surface area contributed by atoms with Crippen molar-refractivity contribution in [3.63, 3.8) is 0 Å². The molecule has 1 aromatic heterocycles. The van der Waals surface area contributed by atoms with Gasteiger partial charge in [-0.3, -0.25) is 4.79 Å². The number of halogens is 1. The van der Waals surface area contributed by atoms with Crippen LogP contribution in [-0.2, 0) is 10.2 Å². The molecule has 2 aliphatic rings. The lowest BCUT2D eigenvalue weighted by Gasteiger charge is -2.34. The van der Waals surface area contributed by atoms with Crippen molar-refractivity contribution in [2.24, 2.45) is 5.92 Å². The number of carbonyl (C=O) groups excluding carboxylic acids is 1. The maximum absolute atomic E-state index is 13.2. The standard InChI is InChI=1S/C22H22FN3O2/c23-19-5-3-18(4-6-19)22(9-10-22)21(27)26-12-7-16(8-13-26)15-28-20-17(14-24)2-1-11-25-20/h1-6,11,16H,7-10,12-13,15H2. The number of aromatic nitrogens is 1. The molecule has 2 aromatic rings. The van der Waals surface area contributed by atoms with Crippen molar-refractivity contribution in [2.75, 3.05) is 19.7 Å². The molecule has 0 N–H and O–H groups in total. The van der Waals surface area contributed by atoms with E-state index in [4.69, 9.17) is 10.00 Å². The summed E-state index contributed by atoms with van der Waals surface area (Å²) < 4.78 is 19.0. The van der Waals surface area contributed by atoms with Gasteiger partial charge >= 0.3 is 0 Å². The molecule has 1 aliphatic carbocycles. The highest BCUT2D eigenvalue weighted by atomic mass is 19.1. The van der Waals surface area contributed by atoms with Gasteiger partial charge in [0.15, 0.2) is 0 Å². The number of piperidine rings is 1. The normalized spacial score (nSPS) is 18.4. The Kier molecular flexibility index (Phi) is 4.99. The summed E-state index contributed by atoms with van der Waals surface area (Å²) in [5.74, 6) is 0.588. The smallest absolute Gasteiger partial charge is 0.233 e. The highest BCUT2D eigenvalue weighted by molar-refractivity contribution is 5.91. The predicted molar refractivity (Wildman–Crippen MR) is 101 cm³/mol. The predicted octanol–water partition coefficient (Wildman–Crippen LogP) is 3.44. The summed E-state index contributed by atoms with van der Waals surface area (Å²) in [7, 11) is 0. The van der Waals surface area contributed by atoms with E-state index >= 15 is 0 Å². The Morgan fingerprint density at radius 2 is 1.96 bits per heavy atom. The van der Waals surface area contributed by atoms with Crippen LogP contribution in [0, 0.1) is 23.1 Å². The number of carbonyl (C=O) groups is 1. The van der Waals surface area contributed by atoms with Gasteiger partial charge in [0.05, 0.1) is 12.0 Å². The van der Waals surface area contributed by atoms with Gasteiger partial charge in [0.25, 0.3) is 0 Å². The van der Waals surface area contributed by atoms with E-state index in [0.29, 0.717) is 37.1 Å². The summed E-state index contributed by atoms with van der Waals surface area (Å²) >= 11 is 0. The summed E-state index contributed by atoms with van der Waals surface area (Å²) in [5, 5.41) is 9.11. The molecular weight excluding hydrogens is 357 g/mol. The van der Waals surface area contributed by atoms with E-state index in [2.05, 4.69) is 11.1 Å². The first-order valence-corrected chi connectivity index (χ1v) is 9.66. The molecule has 144 valence electrons. The van der Waals surface area contributed by atoms with Crippen molar-refractivity contribution in [2.45, 2.75) is 31.1 Å². The van der Waals surface area contributed by atoms with E-state index in [1.807, 2.05) is 4.90 Å². The fraction of sp³-hybridized carbons (Fsp3) is 0.409. The zero-order valence-electron chi connectivity index (χ0n) is 15.6. The molecule has 5 nitrogen and oxygen atoms in total. The van der Waals surface area contributed by atoms with Crippen molar-refractivity contribution in [3.05, 3.63) is 59.5 Å². The van der Waals surface area contributed by atoms with Crippen molar-refractivity contribution >= 4 is 5.91 Å². The number of likely N-dealkylation sites (tertiary alicyclic amines) is 1. The van der Waals surface area contributed by atoms with Crippen molar-refractivity contribution < 1.29 is 13.9 Å². The Balaban J connectivity index is 1.32. The van der Waals surface area contributed by atoms with E-state index < -0.39 is 5.41 Å². The second kappa shape index (κ2) is 7.59. The minimum absolute atomic E-state index is 0.162. The van der Waals surface area contributed by atoms with Gasteiger partial charge in [-0.2, -0.15) is 5.26 Å². The van der Waals surface area contributed by atoms with E-state index in [-0.39, 0.29) is 11.7 Å². The molecular formula is C22H22FN3O2. The lowest BCUT2D eigenvalue weighted by molar-refractivity contribution is -0.135. The third-order valence-electron chi connectivity index (χ3n) is 5.81. The average molecular weight is 379 g/mol. The van der Waals surface area contributed by atoms with Gasteiger partial charge < -0.3 is 9.64 Å². The Labute approximate surface area is 163 Å². The highest BCUT2D eigenvalue weighted by Gasteiger charge is 2.53. The molecule has 4 rings (SSSR count). The van der Waals surface area contributed by atoms with E-state index in [1.54, 1.807) is 30.5 Å². The molecule has 0 unspecified atom stereocenters. The number of nitrogens with zero attached hydrogens (tertiary/aromatic N) is 3. The monoisotopic (exact) mass is 379 g/mol. The minimum Gasteiger partial charge on any atom is -0.476 e. The van der Waals surface area contributed by atoms with Crippen LogP contribution in [0.1, 0.15) is 36.8 Å². The number of benzene rings is 1. The molecule has 28 heavy (non-hydrogen) atoms. The van der Waals surface area contributed by atoms with Crippen LogP contribution in [0.4, 0.5) is 4.39 Å². The Hall–Kier alpha value is -2.94. The summed E-state index contributed by atoms with van der Waals surface area (Å²) in [6.45, 7) is 1.89. The van der Waals surface area contributed by atoms with Crippen molar-refractivity contribution in [1.82, 2.24) is 9.88 Å². The van der Waals surface area contributed by atoms with E-state index in [1.165, 1.54) is 12.1 Å². The van der Waals surface area contributed by atoms with Crippen LogP contribution >= 0.6 is 0 Å².